The molecule has 0 aromatic carbocycles. The van der Waals surface area contributed by atoms with Crippen LogP contribution in [0.15, 0.2) is 0 Å². The lowest BCUT2D eigenvalue weighted by Crippen LogP contribution is -2.27. The summed E-state index contributed by atoms with van der Waals surface area (Å²) in [6.45, 7) is 7.75. The molecule has 1 saturated heterocycles. The maximum atomic E-state index is 5.12. The molecule has 1 rings (SSSR count). The summed E-state index contributed by atoms with van der Waals surface area (Å²) >= 11 is 0. The van der Waals surface area contributed by atoms with Gasteiger partial charge in [-0.25, -0.2) is 0 Å². The van der Waals surface area contributed by atoms with Crippen LogP contribution in [-0.2, 0) is 4.74 Å². The van der Waals surface area contributed by atoms with Crippen molar-refractivity contribution >= 4 is 0 Å². The molecule has 0 aliphatic carbocycles. The zero-order valence-electron chi connectivity index (χ0n) is 7.13. The third-order valence-corrected chi connectivity index (χ3v) is 1.59. The van der Waals surface area contributed by atoms with Crippen LogP contribution < -0.4 is 0 Å². The van der Waals surface area contributed by atoms with Gasteiger partial charge in [-0.05, 0) is 13.0 Å². The summed E-state index contributed by atoms with van der Waals surface area (Å²) in [5, 5.41) is 0. The van der Waals surface area contributed by atoms with Gasteiger partial charge in [0, 0.05) is 13.1 Å². The van der Waals surface area contributed by atoms with Gasteiger partial charge in [0.05, 0.1) is 12.7 Å². The summed E-state index contributed by atoms with van der Waals surface area (Å²) in [5.41, 5.74) is 0. The summed E-state index contributed by atoms with van der Waals surface area (Å²) in [7, 11) is 2.15. The number of nitrogens with zero attached hydrogens (tertiary/aromatic N) is 1. The third-order valence-electron chi connectivity index (χ3n) is 1.59. The standard InChI is InChI=1S/C8H17NO/c1-7(2)4-9(3)5-8-6-10-8/h7-8H,4-6H2,1-3H3/t8-/m1/s1. The van der Waals surface area contributed by atoms with Gasteiger partial charge in [-0.2, -0.15) is 0 Å². The second kappa shape index (κ2) is 3.35. The first-order chi connectivity index (χ1) is 4.68. The first kappa shape index (κ1) is 8.02. The Hall–Kier alpha value is -0.0800. The first-order valence-corrected chi connectivity index (χ1v) is 3.98. The Bertz CT molecular complexity index is 95.4. The number of rotatable bonds is 4. The van der Waals surface area contributed by atoms with Gasteiger partial charge in [-0.3, -0.25) is 0 Å². The molecule has 1 aliphatic heterocycles. The first-order valence-electron chi connectivity index (χ1n) is 3.98. The number of hydrogen-bond acceptors (Lipinski definition) is 2. The fourth-order valence-electron chi connectivity index (χ4n) is 1.22. The van der Waals surface area contributed by atoms with Crippen molar-refractivity contribution in [2.75, 3.05) is 26.7 Å². The highest BCUT2D eigenvalue weighted by Gasteiger charge is 2.23. The lowest BCUT2D eigenvalue weighted by molar-refractivity contribution is 0.260. The van der Waals surface area contributed by atoms with Crippen molar-refractivity contribution in [1.29, 1.82) is 0 Å². The van der Waals surface area contributed by atoms with Crippen LogP contribution in [0, 0.1) is 5.92 Å². The van der Waals surface area contributed by atoms with E-state index in [1.54, 1.807) is 0 Å². The topological polar surface area (TPSA) is 15.8 Å². The van der Waals surface area contributed by atoms with Crippen LogP contribution in [-0.4, -0.2) is 37.7 Å². The molecule has 60 valence electrons. The fraction of sp³-hybridized carbons (Fsp3) is 1.00. The molecular weight excluding hydrogens is 126 g/mol. The SMILES string of the molecule is CC(C)CN(C)C[C@@H]1CO1. The number of epoxide rings is 1. The minimum absolute atomic E-state index is 0.545. The van der Waals surface area contributed by atoms with Crippen molar-refractivity contribution in [1.82, 2.24) is 4.90 Å². The summed E-state index contributed by atoms with van der Waals surface area (Å²) in [4.78, 5) is 2.34. The second-order valence-corrected chi connectivity index (χ2v) is 3.57. The van der Waals surface area contributed by atoms with Crippen LogP contribution in [0.4, 0.5) is 0 Å². The molecule has 10 heavy (non-hydrogen) atoms. The molecule has 0 radical (unpaired) electrons. The molecule has 2 nitrogen and oxygen atoms in total. The van der Waals surface area contributed by atoms with Crippen molar-refractivity contribution in [3.8, 4) is 0 Å². The Kier molecular flexibility index (Phi) is 2.69. The van der Waals surface area contributed by atoms with E-state index in [0.29, 0.717) is 6.10 Å². The van der Waals surface area contributed by atoms with E-state index in [0.717, 1.165) is 19.1 Å². The van der Waals surface area contributed by atoms with Gasteiger partial charge >= 0.3 is 0 Å². The normalized spacial score (nSPS) is 24.3. The Balaban J connectivity index is 2.02. The largest absolute Gasteiger partial charge is 0.372 e. The van der Waals surface area contributed by atoms with Crippen molar-refractivity contribution < 1.29 is 4.74 Å². The predicted molar refractivity (Wildman–Crippen MR) is 42.1 cm³/mol. The van der Waals surface area contributed by atoms with E-state index in [1.807, 2.05) is 0 Å². The zero-order valence-corrected chi connectivity index (χ0v) is 7.13. The van der Waals surface area contributed by atoms with Crippen molar-refractivity contribution in [3.63, 3.8) is 0 Å². The molecule has 0 amide bonds. The molecule has 1 atom stereocenters. The summed E-state index contributed by atoms with van der Waals surface area (Å²) in [6.07, 6.45) is 0.545. The van der Waals surface area contributed by atoms with E-state index in [2.05, 4.69) is 25.8 Å². The van der Waals surface area contributed by atoms with Gasteiger partial charge in [0.15, 0.2) is 0 Å². The molecule has 1 heterocycles. The van der Waals surface area contributed by atoms with Crippen LogP contribution in [0.25, 0.3) is 0 Å². The van der Waals surface area contributed by atoms with E-state index >= 15 is 0 Å². The lowest BCUT2D eigenvalue weighted by Gasteiger charge is -2.16. The van der Waals surface area contributed by atoms with Crippen molar-refractivity contribution in [2.45, 2.75) is 20.0 Å². The second-order valence-electron chi connectivity index (χ2n) is 3.57. The molecule has 0 spiro atoms. The highest BCUT2D eigenvalue weighted by Crippen LogP contribution is 2.10. The predicted octanol–water partition coefficient (Wildman–Crippen LogP) is 0.973. The van der Waals surface area contributed by atoms with Gasteiger partial charge in [-0.1, -0.05) is 13.8 Å². The molecule has 0 bridgehead atoms. The van der Waals surface area contributed by atoms with Gasteiger partial charge in [0.2, 0.25) is 0 Å². The van der Waals surface area contributed by atoms with E-state index in [-0.39, 0.29) is 0 Å². The minimum atomic E-state index is 0.545. The van der Waals surface area contributed by atoms with Crippen molar-refractivity contribution in [3.05, 3.63) is 0 Å². The van der Waals surface area contributed by atoms with E-state index in [4.69, 9.17) is 4.74 Å². The number of hydrogen-bond donors (Lipinski definition) is 0. The third kappa shape index (κ3) is 3.18. The Morgan fingerprint density at radius 3 is 2.60 bits per heavy atom. The van der Waals surface area contributed by atoms with Crippen LogP contribution in [0.2, 0.25) is 0 Å². The molecule has 0 unspecified atom stereocenters. The van der Waals surface area contributed by atoms with Crippen molar-refractivity contribution in [2.24, 2.45) is 5.92 Å². The molecule has 1 aliphatic rings. The fourth-order valence-corrected chi connectivity index (χ4v) is 1.22. The molecule has 1 fully saturated rings. The average molecular weight is 143 g/mol. The van der Waals surface area contributed by atoms with Crippen LogP contribution in [0.3, 0.4) is 0 Å². The smallest absolute Gasteiger partial charge is 0.0936 e. The molecule has 2 heteroatoms. The van der Waals surface area contributed by atoms with Gasteiger partial charge in [0.25, 0.3) is 0 Å². The summed E-state index contributed by atoms with van der Waals surface area (Å²) < 4.78 is 5.12. The van der Waals surface area contributed by atoms with Gasteiger partial charge in [0.1, 0.15) is 0 Å². The number of likely N-dealkylation sites (N-methyl/N-ethyl adjacent to an activating group) is 1. The Morgan fingerprint density at radius 1 is 1.60 bits per heavy atom. The lowest BCUT2D eigenvalue weighted by atomic mass is 10.2. The molecule has 0 aromatic heterocycles. The zero-order chi connectivity index (χ0) is 7.56. The Labute approximate surface area is 63.2 Å². The van der Waals surface area contributed by atoms with E-state index in [9.17, 15) is 0 Å². The summed E-state index contributed by atoms with van der Waals surface area (Å²) in [6, 6.07) is 0. The maximum absolute atomic E-state index is 5.12. The quantitative estimate of drug-likeness (QED) is 0.545. The Morgan fingerprint density at radius 2 is 2.20 bits per heavy atom. The molecule has 0 saturated carbocycles. The van der Waals surface area contributed by atoms with Crippen LogP contribution >= 0.6 is 0 Å². The van der Waals surface area contributed by atoms with E-state index < -0.39 is 0 Å². The maximum Gasteiger partial charge on any atom is 0.0936 e. The number of ether oxygens (including phenoxy) is 1. The van der Waals surface area contributed by atoms with E-state index in [1.165, 1.54) is 6.54 Å². The average Bonchev–Trinajstić information content (AvgIpc) is 2.46. The molecule has 0 aromatic rings. The molecule has 0 N–H and O–H groups in total. The highest BCUT2D eigenvalue weighted by atomic mass is 16.6. The van der Waals surface area contributed by atoms with Gasteiger partial charge in [-0.15, -0.1) is 0 Å². The highest BCUT2D eigenvalue weighted by molar-refractivity contribution is 4.72. The summed E-state index contributed by atoms with van der Waals surface area (Å²) in [5.74, 6) is 0.767. The minimum Gasteiger partial charge on any atom is -0.372 e. The molecular formula is C8H17NO. The monoisotopic (exact) mass is 143 g/mol. The van der Waals surface area contributed by atoms with Gasteiger partial charge < -0.3 is 9.64 Å². The van der Waals surface area contributed by atoms with Crippen LogP contribution in [0.5, 0.6) is 0 Å². The van der Waals surface area contributed by atoms with Crippen LogP contribution in [0.1, 0.15) is 13.8 Å².